The number of fused-ring (bicyclic) bond motifs is 1. The molecule has 0 aromatic carbocycles. The standard InChI is InChI=1S/C16H21N3O4/c1-5-22-14(20)11-7-9-10(16(3,4)17)8-12(15(21)23-6-2)19-13(9)18-11/h7-8H,5-6,17H2,1-4H3,(H,18,19). The molecule has 2 rings (SSSR count). The number of nitrogens with one attached hydrogen (secondary N) is 1. The Morgan fingerprint density at radius 1 is 1.17 bits per heavy atom. The smallest absolute Gasteiger partial charge is 0.357 e. The van der Waals surface area contributed by atoms with E-state index in [4.69, 9.17) is 15.2 Å². The highest BCUT2D eigenvalue weighted by molar-refractivity contribution is 5.97. The summed E-state index contributed by atoms with van der Waals surface area (Å²) in [5.41, 5.74) is 6.97. The van der Waals surface area contributed by atoms with Gasteiger partial charge in [0.05, 0.1) is 13.2 Å². The Bertz CT molecular complexity index is 744. The third kappa shape index (κ3) is 3.50. The zero-order valence-corrected chi connectivity index (χ0v) is 13.7. The topological polar surface area (TPSA) is 107 Å². The van der Waals surface area contributed by atoms with E-state index in [-0.39, 0.29) is 24.6 Å². The van der Waals surface area contributed by atoms with E-state index < -0.39 is 17.5 Å². The molecule has 0 saturated carbocycles. The largest absolute Gasteiger partial charge is 0.461 e. The van der Waals surface area contributed by atoms with Crippen LogP contribution in [-0.2, 0) is 15.0 Å². The highest BCUT2D eigenvalue weighted by Crippen LogP contribution is 2.28. The maximum Gasteiger partial charge on any atom is 0.357 e. The van der Waals surface area contributed by atoms with Crippen molar-refractivity contribution in [2.75, 3.05) is 13.2 Å². The molecule has 124 valence electrons. The molecule has 7 nitrogen and oxygen atoms in total. The highest BCUT2D eigenvalue weighted by atomic mass is 16.5. The number of carbonyl (C=O) groups excluding carboxylic acids is 2. The first-order chi connectivity index (χ1) is 10.8. The van der Waals surface area contributed by atoms with E-state index in [0.717, 1.165) is 0 Å². The fourth-order valence-corrected chi connectivity index (χ4v) is 2.27. The van der Waals surface area contributed by atoms with Gasteiger partial charge in [0.2, 0.25) is 0 Å². The predicted molar refractivity (Wildman–Crippen MR) is 85.2 cm³/mol. The third-order valence-corrected chi connectivity index (χ3v) is 3.27. The summed E-state index contributed by atoms with van der Waals surface area (Å²) in [6.45, 7) is 7.59. The summed E-state index contributed by atoms with van der Waals surface area (Å²) in [6.07, 6.45) is 0. The number of aromatic nitrogens is 2. The normalized spacial score (nSPS) is 11.5. The lowest BCUT2D eigenvalue weighted by Crippen LogP contribution is -2.29. The van der Waals surface area contributed by atoms with E-state index in [9.17, 15) is 9.59 Å². The minimum atomic E-state index is -0.726. The minimum Gasteiger partial charge on any atom is -0.461 e. The minimum absolute atomic E-state index is 0.144. The molecule has 0 aliphatic rings. The van der Waals surface area contributed by atoms with Crippen molar-refractivity contribution in [2.45, 2.75) is 33.2 Å². The number of hydrogen-bond donors (Lipinski definition) is 2. The number of esters is 2. The summed E-state index contributed by atoms with van der Waals surface area (Å²) in [6, 6.07) is 3.24. The zero-order chi connectivity index (χ0) is 17.2. The SMILES string of the molecule is CCOC(=O)c1cc(C(C)(C)N)c2cc(C(=O)OCC)[nH]c2n1. The number of nitrogens with two attached hydrogens (primary N) is 1. The molecular formula is C16H21N3O4. The Morgan fingerprint density at radius 2 is 1.78 bits per heavy atom. The molecule has 7 heteroatoms. The van der Waals surface area contributed by atoms with Gasteiger partial charge in [0, 0.05) is 10.9 Å². The Morgan fingerprint density at radius 3 is 2.35 bits per heavy atom. The average molecular weight is 319 g/mol. The Labute approximate surface area is 134 Å². The van der Waals surface area contributed by atoms with E-state index >= 15 is 0 Å². The van der Waals surface area contributed by atoms with Gasteiger partial charge in [-0.2, -0.15) is 0 Å². The van der Waals surface area contributed by atoms with Gasteiger partial charge in [0.1, 0.15) is 11.3 Å². The first-order valence-corrected chi connectivity index (χ1v) is 7.45. The molecule has 0 amide bonds. The fraction of sp³-hybridized carbons (Fsp3) is 0.438. The number of hydrogen-bond acceptors (Lipinski definition) is 6. The van der Waals surface area contributed by atoms with Crippen LogP contribution in [0.25, 0.3) is 11.0 Å². The highest BCUT2D eigenvalue weighted by Gasteiger charge is 2.24. The lowest BCUT2D eigenvalue weighted by Gasteiger charge is -2.20. The first kappa shape index (κ1) is 17.0. The second-order valence-electron chi connectivity index (χ2n) is 5.66. The second kappa shape index (κ2) is 6.37. The number of nitrogens with zero attached hydrogens (tertiary/aromatic N) is 1. The number of carbonyl (C=O) groups is 2. The van der Waals surface area contributed by atoms with Crippen LogP contribution in [0.2, 0.25) is 0 Å². The maximum atomic E-state index is 12.0. The van der Waals surface area contributed by atoms with E-state index in [0.29, 0.717) is 16.6 Å². The summed E-state index contributed by atoms with van der Waals surface area (Å²) < 4.78 is 9.97. The summed E-state index contributed by atoms with van der Waals surface area (Å²) in [5, 5.41) is 0.675. The van der Waals surface area contributed by atoms with Gasteiger partial charge in [-0.3, -0.25) is 0 Å². The van der Waals surface area contributed by atoms with Gasteiger partial charge in [0.15, 0.2) is 5.69 Å². The Balaban J connectivity index is 2.62. The van der Waals surface area contributed by atoms with Crippen LogP contribution in [0.15, 0.2) is 12.1 Å². The van der Waals surface area contributed by atoms with Gasteiger partial charge >= 0.3 is 11.9 Å². The summed E-state index contributed by atoms with van der Waals surface area (Å²) in [4.78, 5) is 31.0. The van der Waals surface area contributed by atoms with Crippen LogP contribution in [0.1, 0.15) is 54.2 Å². The number of ether oxygens (including phenoxy) is 2. The van der Waals surface area contributed by atoms with Gasteiger partial charge in [-0.25, -0.2) is 14.6 Å². The molecule has 0 radical (unpaired) electrons. The van der Waals surface area contributed by atoms with Crippen LogP contribution in [0, 0.1) is 0 Å². The molecule has 23 heavy (non-hydrogen) atoms. The second-order valence-corrected chi connectivity index (χ2v) is 5.66. The fourth-order valence-electron chi connectivity index (χ4n) is 2.27. The van der Waals surface area contributed by atoms with Crippen molar-refractivity contribution in [3.63, 3.8) is 0 Å². The van der Waals surface area contributed by atoms with Gasteiger partial charge in [-0.1, -0.05) is 0 Å². The van der Waals surface area contributed by atoms with Crippen LogP contribution < -0.4 is 5.73 Å². The summed E-state index contributed by atoms with van der Waals surface area (Å²) >= 11 is 0. The van der Waals surface area contributed by atoms with E-state index in [1.54, 1.807) is 26.0 Å². The molecule has 2 heterocycles. The van der Waals surface area contributed by atoms with Crippen LogP contribution in [0.3, 0.4) is 0 Å². The molecule has 0 bridgehead atoms. The lowest BCUT2D eigenvalue weighted by atomic mass is 9.93. The van der Waals surface area contributed by atoms with E-state index in [1.165, 1.54) is 0 Å². The quantitative estimate of drug-likeness (QED) is 0.817. The monoisotopic (exact) mass is 319 g/mol. The molecule has 0 atom stereocenters. The van der Waals surface area contributed by atoms with Crippen LogP contribution in [0.4, 0.5) is 0 Å². The van der Waals surface area contributed by atoms with Crippen molar-refractivity contribution in [3.05, 3.63) is 29.1 Å². The van der Waals surface area contributed by atoms with Crippen LogP contribution in [0.5, 0.6) is 0 Å². The molecule has 0 spiro atoms. The summed E-state index contributed by atoms with van der Waals surface area (Å²) in [7, 11) is 0. The third-order valence-electron chi connectivity index (χ3n) is 3.27. The Kier molecular flexibility index (Phi) is 4.70. The van der Waals surface area contributed by atoms with Crippen molar-refractivity contribution in [1.82, 2.24) is 9.97 Å². The maximum absolute atomic E-state index is 12.0. The number of pyridine rings is 1. The molecule has 0 aliphatic carbocycles. The molecule has 0 unspecified atom stereocenters. The molecular weight excluding hydrogens is 298 g/mol. The van der Waals surface area contributed by atoms with Gasteiger partial charge in [-0.05, 0) is 45.4 Å². The van der Waals surface area contributed by atoms with Gasteiger partial charge in [0.25, 0.3) is 0 Å². The van der Waals surface area contributed by atoms with E-state index in [1.807, 2.05) is 13.8 Å². The molecule has 0 fully saturated rings. The van der Waals surface area contributed by atoms with Crippen molar-refractivity contribution >= 4 is 23.0 Å². The molecule has 0 aliphatic heterocycles. The Hall–Kier alpha value is -2.41. The number of aromatic amines is 1. The molecule has 2 aromatic heterocycles. The van der Waals surface area contributed by atoms with Gasteiger partial charge in [-0.15, -0.1) is 0 Å². The van der Waals surface area contributed by atoms with Crippen LogP contribution >= 0.6 is 0 Å². The number of rotatable bonds is 5. The van der Waals surface area contributed by atoms with Crippen molar-refractivity contribution in [1.29, 1.82) is 0 Å². The van der Waals surface area contributed by atoms with Gasteiger partial charge < -0.3 is 20.2 Å². The van der Waals surface area contributed by atoms with E-state index in [2.05, 4.69) is 9.97 Å². The number of H-pyrrole nitrogens is 1. The summed E-state index contributed by atoms with van der Waals surface area (Å²) in [5.74, 6) is -1.02. The predicted octanol–water partition coefficient (Wildman–Crippen LogP) is 2.11. The van der Waals surface area contributed by atoms with Crippen molar-refractivity contribution in [2.24, 2.45) is 5.73 Å². The zero-order valence-electron chi connectivity index (χ0n) is 13.7. The first-order valence-electron chi connectivity index (χ1n) is 7.45. The van der Waals surface area contributed by atoms with Crippen molar-refractivity contribution < 1.29 is 19.1 Å². The van der Waals surface area contributed by atoms with Crippen molar-refractivity contribution in [3.8, 4) is 0 Å². The molecule has 0 saturated heterocycles. The van der Waals surface area contributed by atoms with Crippen LogP contribution in [-0.4, -0.2) is 35.1 Å². The lowest BCUT2D eigenvalue weighted by molar-refractivity contribution is 0.0512. The molecule has 2 aromatic rings. The average Bonchev–Trinajstić information content (AvgIpc) is 2.89. The molecule has 3 N–H and O–H groups in total.